The summed E-state index contributed by atoms with van der Waals surface area (Å²) in [6, 6.07) is 24.7. The van der Waals surface area contributed by atoms with E-state index in [4.69, 9.17) is 19.2 Å². The number of rotatable bonds is 11. The molecule has 1 atom stereocenters. The van der Waals surface area contributed by atoms with Gasteiger partial charge in [0.15, 0.2) is 11.5 Å². The fraction of sp³-hybridized carbons (Fsp3) is 0.229. The van der Waals surface area contributed by atoms with Crippen LogP contribution in [0.1, 0.15) is 41.6 Å². The van der Waals surface area contributed by atoms with Crippen molar-refractivity contribution in [2.45, 2.75) is 26.3 Å². The highest BCUT2D eigenvalue weighted by Crippen LogP contribution is 2.29. The number of amides is 1. The van der Waals surface area contributed by atoms with E-state index in [2.05, 4.69) is 0 Å². The highest BCUT2D eigenvalue weighted by molar-refractivity contribution is 5.94. The Balaban J connectivity index is 1.61. The molecule has 0 bridgehead atoms. The van der Waals surface area contributed by atoms with E-state index < -0.39 is 11.9 Å². The first-order valence-electron chi connectivity index (χ1n) is 14.4. The van der Waals surface area contributed by atoms with Crippen LogP contribution in [0.5, 0.6) is 17.2 Å². The summed E-state index contributed by atoms with van der Waals surface area (Å²) in [7, 11) is 3.14. The zero-order valence-corrected chi connectivity index (χ0v) is 25.1. The number of carbonyl (C=O) groups excluding carboxylic acids is 1. The van der Waals surface area contributed by atoms with Crippen molar-refractivity contribution in [3.63, 3.8) is 0 Å². The first kappa shape index (κ1) is 30.3. The number of hydrogen-bond donors (Lipinski definition) is 0. The molecule has 0 aliphatic rings. The van der Waals surface area contributed by atoms with Crippen molar-refractivity contribution < 1.29 is 23.4 Å². The third-order valence-corrected chi connectivity index (χ3v) is 7.49. The summed E-state index contributed by atoms with van der Waals surface area (Å²) in [6.45, 7) is 4.54. The SMILES string of the molecule is CCOc1ccc(-n2c(C(C)N(CCc3ccc(OC)c(OC)c3)C(=O)c3ccc(F)cc3)nc3ccccc3c2=O)cc1. The minimum Gasteiger partial charge on any atom is -0.494 e. The van der Waals surface area contributed by atoms with Gasteiger partial charge < -0.3 is 19.1 Å². The van der Waals surface area contributed by atoms with E-state index in [1.54, 1.807) is 66.2 Å². The molecule has 0 N–H and O–H groups in total. The number of para-hydroxylation sites is 1. The van der Waals surface area contributed by atoms with Gasteiger partial charge in [-0.1, -0.05) is 18.2 Å². The molecule has 0 saturated carbocycles. The van der Waals surface area contributed by atoms with Gasteiger partial charge in [-0.3, -0.25) is 14.2 Å². The molecule has 226 valence electrons. The molecular weight excluding hydrogens is 561 g/mol. The Bertz CT molecular complexity index is 1820. The Hall–Kier alpha value is -5.18. The van der Waals surface area contributed by atoms with Gasteiger partial charge in [0.05, 0.1) is 43.5 Å². The third kappa shape index (κ3) is 6.27. The van der Waals surface area contributed by atoms with Crippen LogP contribution < -0.4 is 19.8 Å². The molecule has 4 aromatic carbocycles. The predicted molar refractivity (Wildman–Crippen MR) is 168 cm³/mol. The second-order valence-electron chi connectivity index (χ2n) is 10.2. The van der Waals surface area contributed by atoms with Crippen LogP contribution in [0.15, 0.2) is 95.8 Å². The Morgan fingerprint density at radius 3 is 2.32 bits per heavy atom. The van der Waals surface area contributed by atoms with E-state index in [1.807, 2.05) is 38.1 Å². The highest BCUT2D eigenvalue weighted by atomic mass is 19.1. The molecule has 0 fully saturated rings. The maximum Gasteiger partial charge on any atom is 0.266 e. The molecule has 9 heteroatoms. The molecule has 0 radical (unpaired) electrons. The van der Waals surface area contributed by atoms with Crippen molar-refractivity contribution in [3.05, 3.63) is 124 Å². The topological polar surface area (TPSA) is 82.9 Å². The summed E-state index contributed by atoms with van der Waals surface area (Å²) in [4.78, 5) is 34.6. The molecule has 5 aromatic rings. The van der Waals surface area contributed by atoms with Crippen LogP contribution in [0.25, 0.3) is 16.6 Å². The summed E-state index contributed by atoms with van der Waals surface area (Å²) in [5.41, 5.74) is 2.10. The molecule has 0 spiro atoms. The van der Waals surface area contributed by atoms with Gasteiger partial charge in [-0.25, -0.2) is 9.37 Å². The number of nitrogens with zero attached hydrogens (tertiary/aromatic N) is 3. The van der Waals surface area contributed by atoms with E-state index in [1.165, 1.54) is 24.3 Å². The number of ether oxygens (including phenoxy) is 3. The van der Waals surface area contributed by atoms with Crippen molar-refractivity contribution in [2.24, 2.45) is 0 Å². The number of hydrogen-bond acceptors (Lipinski definition) is 6. The van der Waals surface area contributed by atoms with Gasteiger partial charge in [0.1, 0.15) is 17.4 Å². The van der Waals surface area contributed by atoms with Gasteiger partial charge in [-0.05, 0) is 98.6 Å². The van der Waals surface area contributed by atoms with Crippen LogP contribution in [0, 0.1) is 5.82 Å². The molecule has 0 aliphatic carbocycles. The van der Waals surface area contributed by atoms with E-state index in [9.17, 15) is 14.0 Å². The van der Waals surface area contributed by atoms with E-state index in [0.29, 0.717) is 58.3 Å². The van der Waals surface area contributed by atoms with E-state index in [-0.39, 0.29) is 18.0 Å². The average Bonchev–Trinajstić information content (AvgIpc) is 3.05. The monoisotopic (exact) mass is 595 g/mol. The summed E-state index contributed by atoms with van der Waals surface area (Å²) in [6.07, 6.45) is 0.471. The van der Waals surface area contributed by atoms with Crippen LogP contribution >= 0.6 is 0 Å². The number of carbonyl (C=O) groups is 1. The highest BCUT2D eigenvalue weighted by Gasteiger charge is 2.28. The van der Waals surface area contributed by atoms with Gasteiger partial charge >= 0.3 is 0 Å². The Kier molecular flexibility index (Phi) is 9.23. The van der Waals surface area contributed by atoms with Gasteiger partial charge in [0.25, 0.3) is 11.5 Å². The summed E-state index contributed by atoms with van der Waals surface area (Å²) in [5.74, 6) is 1.49. The second-order valence-corrected chi connectivity index (χ2v) is 10.2. The molecule has 44 heavy (non-hydrogen) atoms. The number of fused-ring (bicyclic) bond motifs is 1. The quantitative estimate of drug-likeness (QED) is 0.176. The Labute approximate surface area is 255 Å². The van der Waals surface area contributed by atoms with Crippen LogP contribution in [0.2, 0.25) is 0 Å². The molecule has 1 heterocycles. The van der Waals surface area contributed by atoms with Gasteiger partial charge in [-0.2, -0.15) is 0 Å². The number of methoxy groups -OCH3 is 2. The van der Waals surface area contributed by atoms with Crippen LogP contribution in [-0.2, 0) is 6.42 Å². The van der Waals surface area contributed by atoms with Gasteiger partial charge in [-0.15, -0.1) is 0 Å². The number of halogens is 1. The molecule has 5 rings (SSSR count). The molecule has 8 nitrogen and oxygen atoms in total. The summed E-state index contributed by atoms with van der Waals surface area (Å²) in [5, 5.41) is 0.457. The Morgan fingerprint density at radius 1 is 0.932 bits per heavy atom. The molecule has 1 aromatic heterocycles. The van der Waals surface area contributed by atoms with E-state index in [0.717, 1.165) is 5.56 Å². The molecular formula is C35H34FN3O5. The molecule has 1 amide bonds. The standard InChI is InChI=1S/C35H34FN3O5/c1-5-44-28-17-15-27(16-18-28)39-33(37-30-9-7-6-8-29(30)35(39)41)23(2)38(34(40)25-11-13-26(36)14-12-25)21-20-24-10-19-31(42-3)32(22-24)43-4/h6-19,22-23H,5,20-21H2,1-4H3. The minimum atomic E-state index is -0.656. The van der Waals surface area contributed by atoms with Crippen molar-refractivity contribution >= 4 is 16.8 Å². The summed E-state index contributed by atoms with van der Waals surface area (Å²) < 4.78 is 31.8. The fourth-order valence-corrected chi connectivity index (χ4v) is 5.19. The minimum absolute atomic E-state index is 0.254. The van der Waals surface area contributed by atoms with E-state index >= 15 is 0 Å². The molecule has 1 unspecified atom stereocenters. The maximum absolute atomic E-state index is 14.1. The lowest BCUT2D eigenvalue weighted by atomic mass is 10.1. The fourth-order valence-electron chi connectivity index (χ4n) is 5.19. The second kappa shape index (κ2) is 13.4. The predicted octanol–water partition coefficient (Wildman–Crippen LogP) is 6.39. The smallest absolute Gasteiger partial charge is 0.266 e. The lowest BCUT2D eigenvalue weighted by molar-refractivity contribution is 0.0683. The van der Waals surface area contributed by atoms with Crippen LogP contribution in [-0.4, -0.2) is 47.7 Å². The van der Waals surface area contributed by atoms with Crippen molar-refractivity contribution in [1.82, 2.24) is 14.5 Å². The normalized spacial score (nSPS) is 11.7. The number of aromatic nitrogens is 2. The molecule has 0 saturated heterocycles. The van der Waals surface area contributed by atoms with Crippen molar-refractivity contribution in [1.29, 1.82) is 0 Å². The zero-order chi connectivity index (χ0) is 31.2. The van der Waals surface area contributed by atoms with Gasteiger partial charge in [0, 0.05) is 12.1 Å². The van der Waals surface area contributed by atoms with Gasteiger partial charge in [0.2, 0.25) is 0 Å². The first-order valence-corrected chi connectivity index (χ1v) is 14.4. The lowest BCUT2D eigenvalue weighted by Crippen LogP contribution is -2.38. The average molecular weight is 596 g/mol. The zero-order valence-electron chi connectivity index (χ0n) is 25.1. The molecule has 0 aliphatic heterocycles. The Morgan fingerprint density at radius 2 is 1.64 bits per heavy atom. The van der Waals surface area contributed by atoms with Crippen molar-refractivity contribution in [3.8, 4) is 22.9 Å². The number of benzene rings is 4. The van der Waals surface area contributed by atoms with Crippen molar-refractivity contribution in [2.75, 3.05) is 27.4 Å². The van der Waals surface area contributed by atoms with Crippen LogP contribution in [0.4, 0.5) is 4.39 Å². The lowest BCUT2D eigenvalue weighted by Gasteiger charge is -2.31. The largest absolute Gasteiger partial charge is 0.494 e. The maximum atomic E-state index is 14.1. The first-order chi connectivity index (χ1) is 21.3. The third-order valence-electron chi connectivity index (χ3n) is 7.49. The van der Waals surface area contributed by atoms with Crippen LogP contribution in [0.3, 0.4) is 0 Å². The summed E-state index contributed by atoms with van der Waals surface area (Å²) >= 11 is 0.